The van der Waals surface area contributed by atoms with Crippen LogP contribution in [-0.4, -0.2) is 9.97 Å². The Labute approximate surface area is 94.0 Å². The van der Waals surface area contributed by atoms with Gasteiger partial charge in [-0.3, -0.25) is 9.97 Å². The van der Waals surface area contributed by atoms with Gasteiger partial charge in [0.25, 0.3) is 0 Å². The summed E-state index contributed by atoms with van der Waals surface area (Å²) in [5, 5.41) is 0.696. The van der Waals surface area contributed by atoms with Gasteiger partial charge in [0.1, 0.15) is 0 Å². The third-order valence-corrected chi connectivity index (χ3v) is 2.64. The second kappa shape index (κ2) is 3.99. The number of hydrogen-bond acceptors (Lipinski definition) is 2. The van der Waals surface area contributed by atoms with Gasteiger partial charge in [-0.1, -0.05) is 11.6 Å². The number of aromatic nitrogens is 2. The smallest absolute Gasteiger partial charge is 0.0624 e. The van der Waals surface area contributed by atoms with Crippen LogP contribution in [0.3, 0.4) is 0 Å². The molecule has 0 unspecified atom stereocenters. The van der Waals surface area contributed by atoms with E-state index in [1.54, 1.807) is 6.20 Å². The predicted molar refractivity (Wildman–Crippen MR) is 62.0 cm³/mol. The first kappa shape index (κ1) is 10.1. The fraction of sp³-hybridized carbons (Fsp3) is 0.167. The molecular weight excluding hydrogens is 208 g/mol. The molecule has 0 aliphatic carbocycles. The minimum absolute atomic E-state index is 0.696. The highest BCUT2D eigenvalue weighted by Crippen LogP contribution is 2.23. The molecule has 0 atom stereocenters. The van der Waals surface area contributed by atoms with Crippen molar-refractivity contribution in [2.75, 3.05) is 0 Å². The van der Waals surface area contributed by atoms with Crippen molar-refractivity contribution in [3.05, 3.63) is 47.0 Å². The number of halogens is 1. The van der Waals surface area contributed by atoms with Crippen molar-refractivity contribution in [2.45, 2.75) is 13.8 Å². The van der Waals surface area contributed by atoms with Crippen molar-refractivity contribution in [1.82, 2.24) is 9.97 Å². The Hall–Kier alpha value is -1.41. The van der Waals surface area contributed by atoms with E-state index in [9.17, 15) is 0 Å². The molecule has 15 heavy (non-hydrogen) atoms. The Bertz CT molecular complexity index is 495. The molecule has 2 heterocycles. The van der Waals surface area contributed by atoms with Crippen LogP contribution in [0.25, 0.3) is 11.1 Å². The van der Waals surface area contributed by atoms with E-state index in [1.165, 1.54) is 0 Å². The van der Waals surface area contributed by atoms with Crippen molar-refractivity contribution >= 4 is 11.6 Å². The standard InChI is InChI=1S/C12H11ClN2/c1-8-5-10(3-4-14-8)11-6-12(13)9(2)15-7-11/h3-7H,1-2H3. The quantitative estimate of drug-likeness (QED) is 0.733. The van der Waals surface area contributed by atoms with Crippen LogP contribution in [0.4, 0.5) is 0 Å². The average molecular weight is 219 g/mol. The van der Waals surface area contributed by atoms with E-state index in [1.807, 2.05) is 38.2 Å². The second-order valence-corrected chi connectivity index (χ2v) is 3.88. The molecular formula is C12H11ClN2. The van der Waals surface area contributed by atoms with Gasteiger partial charge in [0.2, 0.25) is 0 Å². The van der Waals surface area contributed by atoms with E-state index in [0.717, 1.165) is 22.5 Å². The largest absolute Gasteiger partial charge is 0.262 e. The van der Waals surface area contributed by atoms with Crippen molar-refractivity contribution < 1.29 is 0 Å². The zero-order chi connectivity index (χ0) is 10.8. The molecule has 2 rings (SSSR count). The first-order valence-corrected chi connectivity index (χ1v) is 5.10. The minimum atomic E-state index is 0.696. The summed E-state index contributed by atoms with van der Waals surface area (Å²) < 4.78 is 0. The van der Waals surface area contributed by atoms with Crippen LogP contribution in [0.1, 0.15) is 11.4 Å². The summed E-state index contributed by atoms with van der Waals surface area (Å²) in [5.74, 6) is 0. The Kier molecular flexibility index (Phi) is 2.69. The topological polar surface area (TPSA) is 25.8 Å². The van der Waals surface area contributed by atoms with Crippen LogP contribution in [-0.2, 0) is 0 Å². The zero-order valence-electron chi connectivity index (χ0n) is 8.66. The summed E-state index contributed by atoms with van der Waals surface area (Å²) in [5.41, 5.74) is 3.96. The average Bonchev–Trinajstić information content (AvgIpc) is 2.22. The third-order valence-electron chi connectivity index (χ3n) is 2.26. The van der Waals surface area contributed by atoms with Crippen LogP contribution in [0.5, 0.6) is 0 Å². The molecule has 0 bridgehead atoms. The maximum atomic E-state index is 6.03. The monoisotopic (exact) mass is 218 g/mol. The highest BCUT2D eigenvalue weighted by molar-refractivity contribution is 6.31. The zero-order valence-corrected chi connectivity index (χ0v) is 9.42. The maximum Gasteiger partial charge on any atom is 0.0624 e. The summed E-state index contributed by atoms with van der Waals surface area (Å²) >= 11 is 6.03. The van der Waals surface area contributed by atoms with Crippen LogP contribution >= 0.6 is 11.6 Å². The molecule has 0 saturated carbocycles. The molecule has 2 aromatic rings. The lowest BCUT2D eigenvalue weighted by atomic mass is 10.1. The van der Waals surface area contributed by atoms with Crippen molar-refractivity contribution in [2.24, 2.45) is 0 Å². The molecule has 0 fully saturated rings. The summed E-state index contributed by atoms with van der Waals surface area (Å²) in [6.45, 7) is 3.86. The molecule has 0 aliphatic heterocycles. The van der Waals surface area contributed by atoms with E-state index < -0.39 is 0 Å². The SMILES string of the molecule is Cc1cc(-c2cnc(C)c(Cl)c2)ccn1. The van der Waals surface area contributed by atoms with Crippen molar-refractivity contribution in [3.63, 3.8) is 0 Å². The number of aryl methyl sites for hydroxylation is 2. The van der Waals surface area contributed by atoms with E-state index in [2.05, 4.69) is 9.97 Å². The molecule has 76 valence electrons. The van der Waals surface area contributed by atoms with Crippen LogP contribution in [0, 0.1) is 13.8 Å². The Balaban J connectivity index is 2.50. The van der Waals surface area contributed by atoms with E-state index >= 15 is 0 Å². The van der Waals surface area contributed by atoms with Gasteiger partial charge in [0.05, 0.1) is 10.7 Å². The highest BCUT2D eigenvalue weighted by Gasteiger charge is 2.02. The summed E-state index contributed by atoms with van der Waals surface area (Å²) in [4.78, 5) is 8.38. The highest BCUT2D eigenvalue weighted by atomic mass is 35.5. The molecule has 0 aliphatic rings. The third kappa shape index (κ3) is 2.16. The molecule has 0 spiro atoms. The summed E-state index contributed by atoms with van der Waals surface area (Å²) in [7, 11) is 0. The van der Waals surface area contributed by atoms with E-state index in [4.69, 9.17) is 11.6 Å². The van der Waals surface area contributed by atoms with Crippen molar-refractivity contribution in [3.8, 4) is 11.1 Å². The molecule has 2 aromatic heterocycles. The van der Waals surface area contributed by atoms with E-state index in [-0.39, 0.29) is 0 Å². The molecule has 0 amide bonds. The van der Waals surface area contributed by atoms with Crippen LogP contribution in [0.15, 0.2) is 30.6 Å². The fourth-order valence-corrected chi connectivity index (χ4v) is 1.56. The molecule has 0 saturated heterocycles. The molecule has 0 aromatic carbocycles. The number of pyridine rings is 2. The lowest BCUT2D eigenvalue weighted by Gasteiger charge is -2.03. The molecule has 3 heteroatoms. The van der Waals surface area contributed by atoms with Gasteiger partial charge in [0, 0.05) is 23.7 Å². The van der Waals surface area contributed by atoms with Crippen LogP contribution < -0.4 is 0 Å². The lowest BCUT2D eigenvalue weighted by Crippen LogP contribution is -1.87. The Morgan fingerprint density at radius 3 is 2.53 bits per heavy atom. The minimum Gasteiger partial charge on any atom is -0.262 e. The fourth-order valence-electron chi connectivity index (χ4n) is 1.39. The van der Waals surface area contributed by atoms with Gasteiger partial charge < -0.3 is 0 Å². The summed E-state index contributed by atoms with van der Waals surface area (Å²) in [6.07, 6.45) is 3.62. The Morgan fingerprint density at radius 2 is 1.87 bits per heavy atom. The normalized spacial score (nSPS) is 10.3. The number of nitrogens with zero attached hydrogens (tertiary/aromatic N) is 2. The van der Waals surface area contributed by atoms with Gasteiger partial charge >= 0.3 is 0 Å². The van der Waals surface area contributed by atoms with E-state index in [0.29, 0.717) is 5.02 Å². The second-order valence-electron chi connectivity index (χ2n) is 3.48. The number of hydrogen-bond donors (Lipinski definition) is 0. The lowest BCUT2D eigenvalue weighted by molar-refractivity contribution is 1.18. The van der Waals surface area contributed by atoms with Gasteiger partial charge in [-0.25, -0.2) is 0 Å². The van der Waals surface area contributed by atoms with Gasteiger partial charge in [-0.2, -0.15) is 0 Å². The van der Waals surface area contributed by atoms with Gasteiger partial charge in [-0.15, -0.1) is 0 Å². The molecule has 0 N–H and O–H groups in total. The van der Waals surface area contributed by atoms with Gasteiger partial charge in [-0.05, 0) is 37.6 Å². The number of rotatable bonds is 1. The Morgan fingerprint density at radius 1 is 1.07 bits per heavy atom. The summed E-state index contributed by atoms with van der Waals surface area (Å²) in [6, 6.07) is 5.90. The van der Waals surface area contributed by atoms with Crippen molar-refractivity contribution in [1.29, 1.82) is 0 Å². The molecule has 2 nitrogen and oxygen atoms in total. The molecule has 0 radical (unpaired) electrons. The maximum absolute atomic E-state index is 6.03. The predicted octanol–water partition coefficient (Wildman–Crippen LogP) is 3.41. The first-order valence-electron chi connectivity index (χ1n) is 4.72. The van der Waals surface area contributed by atoms with Gasteiger partial charge in [0.15, 0.2) is 0 Å². The van der Waals surface area contributed by atoms with Crippen LogP contribution in [0.2, 0.25) is 5.02 Å². The first-order chi connectivity index (χ1) is 7.16.